The highest BCUT2D eigenvalue weighted by atomic mass is 16.5. The minimum absolute atomic E-state index is 0.00192. The summed E-state index contributed by atoms with van der Waals surface area (Å²) in [5.41, 5.74) is 4.55. The van der Waals surface area contributed by atoms with E-state index in [-0.39, 0.29) is 10.8 Å². The molecule has 0 bridgehead atoms. The van der Waals surface area contributed by atoms with Crippen LogP contribution in [0, 0.1) is 0 Å². The van der Waals surface area contributed by atoms with Gasteiger partial charge >= 0.3 is 0 Å². The molecule has 2 heteroatoms. The third kappa shape index (κ3) is 4.25. The first-order chi connectivity index (χ1) is 11.1. The van der Waals surface area contributed by atoms with Crippen LogP contribution in [0.3, 0.4) is 0 Å². The molecular formula is C22H29NO. The number of aliphatic imine (C=N–C) groups is 1. The molecule has 24 heavy (non-hydrogen) atoms. The minimum atomic E-state index is 0.00192. The van der Waals surface area contributed by atoms with E-state index in [2.05, 4.69) is 58.7 Å². The highest BCUT2D eigenvalue weighted by Crippen LogP contribution is 2.37. The zero-order chi connectivity index (χ0) is 18.0. The number of rotatable bonds is 3. The molecule has 128 valence electrons. The summed E-state index contributed by atoms with van der Waals surface area (Å²) in [5, 5.41) is 0. The summed E-state index contributed by atoms with van der Waals surface area (Å²) in [4.78, 5) is 4.63. The SMILES string of the molecule is COc1c(C=Nc2ccccc2)cc(C(C)(C)C)cc1C(C)(C)C. The number of hydrogen-bond acceptors (Lipinski definition) is 2. The molecule has 2 aromatic rings. The lowest BCUT2D eigenvalue weighted by atomic mass is 9.79. The van der Waals surface area contributed by atoms with Gasteiger partial charge in [0.1, 0.15) is 5.75 Å². The van der Waals surface area contributed by atoms with Crippen molar-refractivity contribution < 1.29 is 4.74 Å². The number of benzene rings is 2. The fourth-order valence-electron chi connectivity index (χ4n) is 2.62. The largest absolute Gasteiger partial charge is 0.496 e. The summed E-state index contributed by atoms with van der Waals surface area (Å²) in [6, 6.07) is 14.5. The van der Waals surface area contributed by atoms with Gasteiger partial charge in [0.2, 0.25) is 0 Å². The van der Waals surface area contributed by atoms with Crippen LogP contribution in [0.5, 0.6) is 5.75 Å². The minimum Gasteiger partial charge on any atom is -0.496 e. The van der Waals surface area contributed by atoms with Gasteiger partial charge < -0.3 is 4.74 Å². The third-order valence-electron chi connectivity index (χ3n) is 4.10. The summed E-state index contributed by atoms with van der Waals surface area (Å²) in [6.07, 6.45) is 1.92. The van der Waals surface area contributed by atoms with Gasteiger partial charge in [-0.15, -0.1) is 0 Å². The van der Waals surface area contributed by atoms with Crippen LogP contribution in [-0.2, 0) is 10.8 Å². The van der Waals surface area contributed by atoms with Gasteiger partial charge in [-0.3, -0.25) is 4.99 Å². The lowest BCUT2D eigenvalue weighted by molar-refractivity contribution is 0.396. The Kier molecular flexibility index (Phi) is 5.17. The maximum absolute atomic E-state index is 5.77. The van der Waals surface area contributed by atoms with Crippen LogP contribution in [0.1, 0.15) is 58.2 Å². The van der Waals surface area contributed by atoms with E-state index in [4.69, 9.17) is 4.74 Å². The van der Waals surface area contributed by atoms with Crippen LogP contribution in [0.2, 0.25) is 0 Å². The Morgan fingerprint density at radius 1 is 0.875 bits per heavy atom. The molecule has 2 rings (SSSR count). The van der Waals surface area contributed by atoms with E-state index >= 15 is 0 Å². The van der Waals surface area contributed by atoms with Gasteiger partial charge in [-0.05, 0) is 34.6 Å². The molecule has 0 unspecified atom stereocenters. The van der Waals surface area contributed by atoms with Gasteiger partial charge in [0.25, 0.3) is 0 Å². The van der Waals surface area contributed by atoms with E-state index < -0.39 is 0 Å². The predicted molar refractivity (Wildman–Crippen MR) is 104 cm³/mol. The molecule has 2 nitrogen and oxygen atoms in total. The molecule has 0 N–H and O–H groups in total. The molecule has 0 aliphatic rings. The summed E-state index contributed by atoms with van der Waals surface area (Å²) in [6.45, 7) is 13.4. The maximum Gasteiger partial charge on any atom is 0.131 e. The molecule has 0 aliphatic carbocycles. The fourth-order valence-corrected chi connectivity index (χ4v) is 2.62. The van der Waals surface area contributed by atoms with Crippen LogP contribution >= 0.6 is 0 Å². The predicted octanol–water partition coefficient (Wildman–Crippen LogP) is 6.04. The van der Waals surface area contributed by atoms with Gasteiger partial charge in [0, 0.05) is 17.3 Å². The molecule has 0 spiro atoms. The zero-order valence-electron chi connectivity index (χ0n) is 16.0. The van der Waals surface area contributed by atoms with Gasteiger partial charge in [-0.2, -0.15) is 0 Å². The summed E-state index contributed by atoms with van der Waals surface area (Å²) >= 11 is 0. The molecule has 0 atom stereocenters. The van der Waals surface area contributed by atoms with Crippen molar-refractivity contribution in [2.45, 2.75) is 52.4 Å². The number of para-hydroxylation sites is 1. The summed E-state index contributed by atoms with van der Waals surface area (Å²) in [5.74, 6) is 0.912. The Morgan fingerprint density at radius 3 is 2.00 bits per heavy atom. The second-order valence-electron chi connectivity index (χ2n) is 8.24. The first kappa shape index (κ1) is 18.3. The van der Waals surface area contributed by atoms with Gasteiger partial charge in [-0.1, -0.05) is 65.8 Å². The Labute approximate surface area is 146 Å². The second kappa shape index (κ2) is 6.80. The Bertz CT molecular complexity index is 716. The average Bonchev–Trinajstić information content (AvgIpc) is 2.51. The molecule has 0 radical (unpaired) electrons. The Hall–Kier alpha value is -2.09. The number of nitrogens with zero attached hydrogens (tertiary/aromatic N) is 1. The summed E-state index contributed by atoms with van der Waals surface area (Å²) in [7, 11) is 1.74. The topological polar surface area (TPSA) is 21.6 Å². The highest BCUT2D eigenvalue weighted by molar-refractivity contribution is 5.87. The van der Waals surface area contributed by atoms with Crippen molar-refractivity contribution in [2.75, 3.05) is 7.11 Å². The average molecular weight is 323 g/mol. The lowest BCUT2D eigenvalue weighted by Crippen LogP contribution is -2.18. The van der Waals surface area contributed by atoms with Gasteiger partial charge in [-0.25, -0.2) is 0 Å². The maximum atomic E-state index is 5.77. The highest BCUT2D eigenvalue weighted by Gasteiger charge is 2.25. The normalized spacial score (nSPS) is 12.6. The van der Waals surface area contributed by atoms with E-state index in [0.717, 1.165) is 17.0 Å². The van der Waals surface area contributed by atoms with Crippen LogP contribution in [0.4, 0.5) is 5.69 Å². The number of ether oxygens (including phenoxy) is 1. The van der Waals surface area contributed by atoms with Crippen molar-refractivity contribution in [3.8, 4) is 5.75 Å². The number of hydrogen-bond donors (Lipinski definition) is 0. The van der Waals surface area contributed by atoms with E-state index in [0.29, 0.717) is 0 Å². The molecule has 2 aromatic carbocycles. The monoisotopic (exact) mass is 323 g/mol. The summed E-state index contributed by atoms with van der Waals surface area (Å²) < 4.78 is 5.77. The molecule has 0 aliphatic heterocycles. The van der Waals surface area contributed by atoms with Crippen molar-refractivity contribution in [2.24, 2.45) is 4.99 Å². The van der Waals surface area contributed by atoms with E-state index in [1.54, 1.807) is 7.11 Å². The molecule has 0 aromatic heterocycles. The van der Waals surface area contributed by atoms with Crippen LogP contribution in [0.25, 0.3) is 0 Å². The van der Waals surface area contributed by atoms with E-state index in [1.807, 2.05) is 36.5 Å². The third-order valence-corrected chi connectivity index (χ3v) is 4.10. The van der Waals surface area contributed by atoms with Crippen molar-refractivity contribution in [3.05, 3.63) is 59.2 Å². The van der Waals surface area contributed by atoms with Crippen molar-refractivity contribution in [1.29, 1.82) is 0 Å². The van der Waals surface area contributed by atoms with Crippen LogP contribution in [-0.4, -0.2) is 13.3 Å². The first-order valence-corrected chi connectivity index (χ1v) is 8.45. The zero-order valence-corrected chi connectivity index (χ0v) is 16.0. The number of methoxy groups -OCH3 is 1. The van der Waals surface area contributed by atoms with Crippen molar-refractivity contribution in [1.82, 2.24) is 0 Å². The standard InChI is InChI=1S/C22H29NO/c1-21(2,3)17-13-16(15-23-18-11-9-8-10-12-18)20(24-7)19(14-17)22(4,5)6/h8-15H,1-7H3. The van der Waals surface area contributed by atoms with Crippen LogP contribution in [0.15, 0.2) is 47.5 Å². The molecule has 0 fully saturated rings. The molecule has 0 saturated heterocycles. The van der Waals surface area contributed by atoms with E-state index in [9.17, 15) is 0 Å². The van der Waals surface area contributed by atoms with E-state index in [1.165, 1.54) is 11.1 Å². The first-order valence-electron chi connectivity index (χ1n) is 8.45. The lowest BCUT2D eigenvalue weighted by Gasteiger charge is -2.28. The Balaban J connectivity index is 2.62. The van der Waals surface area contributed by atoms with Crippen LogP contribution < -0.4 is 4.74 Å². The molecule has 0 heterocycles. The van der Waals surface area contributed by atoms with Gasteiger partial charge in [0.05, 0.1) is 12.8 Å². The Morgan fingerprint density at radius 2 is 1.50 bits per heavy atom. The van der Waals surface area contributed by atoms with Crippen molar-refractivity contribution in [3.63, 3.8) is 0 Å². The second-order valence-corrected chi connectivity index (χ2v) is 8.24. The smallest absolute Gasteiger partial charge is 0.131 e. The fraction of sp³-hybridized carbons (Fsp3) is 0.409. The molecule has 0 saturated carbocycles. The molecule has 0 amide bonds. The quantitative estimate of drug-likeness (QED) is 0.631. The molecular weight excluding hydrogens is 294 g/mol. The van der Waals surface area contributed by atoms with Crippen molar-refractivity contribution >= 4 is 11.9 Å². The van der Waals surface area contributed by atoms with Gasteiger partial charge in [0.15, 0.2) is 0 Å².